The number of aromatic nitrogens is 6. The Morgan fingerprint density at radius 3 is 1.33 bits per heavy atom. The molecule has 7 aromatic carbocycles. The molecule has 0 radical (unpaired) electrons. The van der Waals surface area contributed by atoms with Gasteiger partial charge in [0.05, 0.1) is 49.8 Å². The molecule has 13 rings (SSSR count). The summed E-state index contributed by atoms with van der Waals surface area (Å²) in [4.78, 5) is 9.17. The molecule has 0 saturated heterocycles. The normalized spacial score (nSPS) is 12.1. The first-order valence-electron chi connectivity index (χ1n) is 19.7. The van der Waals surface area contributed by atoms with Crippen LogP contribution in [0.2, 0.25) is 0 Å². The minimum absolute atomic E-state index is 1.07. The lowest BCUT2D eigenvalue weighted by Gasteiger charge is -2.17. The molecule has 0 saturated carbocycles. The summed E-state index contributed by atoms with van der Waals surface area (Å²) in [5.74, 6) is 0. The fraction of sp³-hybridized carbons (Fsp3) is 0. The molecule has 6 aromatic heterocycles. The van der Waals surface area contributed by atoms with Crippen LogP contribution in [0, 0.1) is 0 Å². The van der Waals surface area contributed by atoms with Gasteiger partial charge in [0.15, 0.2) is 0 Å². The van der Waals surface area contributed by atoms with Crippen molar-refractivity contribution in [3.05, 3.63) is 195 Å². The highest BCUT2D eigenvalue weighted by Gasteiger charge is 2.24. The van der Waals surface area contributed by atoms with Gasteiger partial charge < -0.3 is 18.3 Å². The third-order valence-electron chi connectivity index (χ3n) is 12.1. The molecule has 0 aliphatic heterocycles. The highest BCUT2D eigenvalue weighted by atomic mass is 15.1. The van der Waals surface area contributed by atoms with Gasteiger partial charge >= 0.3 is 0 Å². The second kappa shape index (κ2) is 11.8. The SMILES string of the molecule is c1ccc(-n2c3ccccc3c3cc(-n4c5ccccc5c5cc(-n6c7ccccc7c7ccccc76)cc(-n6c7ccncc7c7cnccc76)c54)ccc32)cc1. The van der Waals surface area contributed by atoms with Crippen molar-refractivity contribution in [1.82, 2.24) is 28.2 Å². The monoisotopic (exact) mass is 740 g/mol. The van der Waals surface area contributed by atoms with Crippen LogP contribution in [0.1, 0.15) is 0 Å². The van der Waals surface area contributed by atoms with Crippen LogP contribution >= 0.6 is 0 Å². The summed E-state index contributed by atoms with van der Waals surface area (Å²) in [6.45, 7) is 0. The van der Waals surface area contributed by atoms with Gasteiger partial charge in [-0.15, -0.1) is 0 Å². The molecular formula is C52H32N6. The van der Waals surface area contributed by atoms with Crippen LogP contribution in [0.15, 0.2) is 195 Å². The van der Waals surface area contributed by atoms with Crippen LogP contribution in [0.4, 0.5) is 0 Å². The van der Waals surface area contributed by atoms with Crippen LogP contribution in [-0.4, -0.2) is 28.2 Å². The van der Waals surface area contributed by atoms with E-state index in [9.17, 15) is 0 Å². The number of hydrogen-bond acceptors (Lipinski definition) is 2. The summed E-state index contributed by atoms with van der Waals surface area (Å²) in [5, 5.41) is 9.41. The summed E-state index contributed by atoms with van der Waals surface area (Å²) < 4.78 is 9.71. The Balaban J connectivity index is 1.20. The first-order valence-corrected chi connectivity index (χ1v) is 19.7. The number of nitrogens with zero attached hydrogens (tertiary/aromatic N) is 6. The van der Waals surface area contributed by atoms with Gasteiger partial charge in [-0.2, -0.15) is 0 Å². The predicted octanol–water partition coefficient (Wildman–Crippen LogP) is 12.9. The molecule has 6 heteroatoms. The van der Waals surface area contributed by atoms with Crippen molar-refractivity contribution in [3.63, 3.8) is 0 Å². The molecule has 0 atom stereocenters. The zero-order valence-corrected chi connectivity index (χ0v) is 31.2. The van der Waals surface area contributed by atoms with Gasteiger partial charge in [-0.25, -0.2) is 0 Å². The average Bonchev–Trinajstić information content (AvgIpc) is 4.01. The van der Waals surface area contributed by atoms with E-state index in [1.807, 2.05) is 24.8 Å². The van der Waals surface area contributed by atoms with Crippen molar-refractivity contribution in [2.45, 2.75) is 0 Å². The molecule has 13 aromatic rings. The standard InChI is InChI=1S/C52H32N6/c1-2-12-33(13-3-1)55-46-20-10-6-16-38(46)40-28-34(22-23-48(40)55)57-47-21-11-7-17-39(47)41-29-35(56-44-18-8-4-14-36(44)37-15-5-9-19-45(37)56)30-51(52(41)57)58-49-24-26-53-31-42(49)43-32-54-27-25-50(43)58/h1-32H. The second-order valence-electron chi connectivity index (χ2n) is 15.1. The molecular weight excluding hydrogens is 709 g/mol. The Hall–Kier alpha value is -7.96. The van der Waals surface area contributed by atoms with Gasteiger partial charge in [0, 0.05) is 84.9 Å². The van der Waals surface area contributed by atoms with E-state index in [1.54, 1.807) is 0 Å². The van der Waals surface area contributed by atoms with Crippen LogP contribution in [0.3, 0.4) is 0 Å². The van der Waals surface area contributed by atoms with Crippen molar-refractivity contribution in [1.29, 1.82) is 0 Å². The van der Waals surface area contributed by atoms with Gasteiger partial charge in [0.25, 0.3) is 0 Å². The Morgan fingerprint density at radius 1 is 0.276 bits per heavy atom. The Bertz CT molecular complexity index is 3700. The molecule has 0 fully saturated rings. The van der Waals surface area contributed by atoms with Crippen LogP contribution in [0.25, 0.3) is 110 Å². The number of rotatable bonds is 4. The Morgan fingerprint density at radius 2 is 0.724 bits per heavy atom. The van der Waals surface area contributed by atoms with Crippen molar-refractivity contribution in [2.24, 2.45) is 0 Å². The maximum absolute atomic E-state index is 4.58. The molecule has 0 unspecified atom stereocenters. The van der Waals surface area contributed by atoms with E-state index in [2.05, 4.69) is 198 Å². The maximum Gasteiger partial charge on any atom is 0.0784 e. The highest BCUT2D eigenvalue weighted by Crippen LogP contribution is 2.43. The summed E-state index contributed by atoms with van der Waals surface area (Å²) in [5.41, 5.74) is 13.6. The van der Waals surface area contributed by atoms with Crippen LogP contribution < -0.4 is 0 Å². The van der Waals surface area contributed by atoms with E-state index < -0.39 is 0 Å². The lowest BCUT2D eigenvalue weighted by molar-refractivity contribution is 1.11. The number of fused-ring (bicyclic) bond motifs is 12. The Kier molecular flexibility index (Phi) is 6.35. The van der Waals surface area contributed by atoms with Crippen molar-refractivity contribution >= 4 is 87.2 Å². The van der Waals surface area contributed by atoms with E-state index in [-0.39, 0.29) is 0 Å². The zero-order valence-electron chi connectivity index (χ0n) is 31.2. The molecule has 6 nitrogen and oxygen atoms in total. The van der Waals surface area contributed by atoms with Gasteiger partial charge in [0.2, 0.25) is 0 Å². The Labute approximate surface area is 331 Å². The van der Waals surface area contributed by atoms with E-state index >= 15 is 0 Å². The molecule has 0 spiro atoms. The smallest absolute Gasteiger partial charge is 0.0784 e. The van der Waals surface area contributed by atoms with Crippen LogP contribution in [-0.2, 0) is 0 Å². The summed E-state index contributed by atoms with van der Waals surface area (Å²) in [6.07, 6.45) is 7.72. The first-order chi connectivity index (χ1) is 28.8. The van der Waals surface area contributed by atoms with E-state index in [0.29, 0.717) is 0 Å². The molecule has 0 bridgehead atoms. The maximum atomic E-state index is 4.58. The molecule has 0 amide bonds. The second-order valence-corrected chi connectivity index (χ2v) is 15.1. The summed E-state index contributed by atoms with van der Waals surface area (Å²) in [6, 6.07) is 61.8. The lowest BCUT2D eigenvalue weighted by atomic mass is 10.1. The molecule has 6 heterocycles. The highest BCUT2D eigenvalue weighted by molar-refractivity contribution is 6.17. The summed E-state index contributed by atoms with van der Waals surface area (Å²) >= 11 is 0. The molecule has 0 aliphatic rings. The fourth-order valence-corrected chi connectivity index (χ4v) is 9.75. The van der Waals surface area contributed by atoms with Gasteiger partial charge in [-0.05, 0) is 78.9 Å². The minimum Gasteiger partial charge on any atom is -0.309 e. The first kappa shape index (κ1) is 31.3. The number of pyridine rings is 2. The van der Waals surface area contributed by atoms with Crippen molar-refractivity contribution < 1.29 is 0 Å². The minimum atomic E-state index is 1.07. The van der Waals surface area contributed by atoms with E-state index in [4.69, 9.17) is 0 Å². The van der Waals surface area contributed by atoms with E-state index in [1.165, 1.54) is 54.4 Å². The molecule has 270 valence electrons. The zero-order chi connectivity index (χ0) is 37.9. The lowest BCUT2D eigenvalue weighted by Crippen LogP contribution is -2.03. The van der Waals surface area contributed by atoms with Crippen molar-refractivity contribution in [2.75, 3.05) is 0 Å². The fourth-order valence-electron chi connectivity index (χ4n) is 9.75. The number of hydrogen-bond donors (Lipinski definition) is 0. The quantitative estimate of drug-likeness (QED) is 0.180. The molecule has 58 heavy (non-hydrogen) atoms. The third-order valence-corrected chi connectivity index (χ3v) is 12.1. The van der Waals surface area contributed by atoms with Gasteiger partial charge in [0.1, 0.15) is 0 Å². The topological polar surface area (TPSA) is 45.5 Å². The third kappa shape index (κ3) is 4.20. The van der Waals surface area contributed by atoms with Gasteiger partial charge in [-0.3, -0.25) is 9.97 Å². The van der Waals surface area contributed by atoms with Gasteiger partial charge in [-0.1, -0.05) is 91.0 Å². The average molecular weight is 741 g/mol. The van der Waals surface area contributed by atoms with Crippen molar-refractivity contribution in [3.8, 4) is 22.7 Å². The van der Waals surface area contributed by atoms with E-state index in [0.717, 1.165) is 55.6 Å². The molecule has 0 aliphatic carbocycles. The predicted molar refractivity (Wildman–Crippen MR) is 239 cm³/mol. The largest absolute Gasteiger partial charge is 0.309 e. The summed E-state index contributed by atoms with van der Waals surface area (Å²) in [7, 11) is 0. The molecule has 0 N–H and O–H groups in total. The number of benzene rings is 7. The number of para-hydroxylation sites is 5. The van der Waals surface area contributed by atoms with Crippen LogP contribution in [0.5, 0.6) is 0 Å².